The highest BCUT2D eigenvalue weighted by Crippen LogP contribution is 2.53. The van der Waals surface area contributed by atoms with Crippen molar-refractivity contribution in [3.63, 3.8) is 0 Å². The van der Waals surface area contributed by atoms with Gasteiger partial charge in [0.25, 0.3) is 0 Å². The zero-order valence-corrected chi connectivity index (χ0v) is 19.2. The van der Waals surface area contributed by atoms with Crippen LogP contribution in [0.1, 0.15) is 17.9 Å². The van der Waals surface area contributed by atoms with Gasteiger partial charge in [-0.1, -0.05) is 0 Å². The average Bonchev–Trinajstić information content (AvgIpc) is 3.10. The van der Waals surface area contributed by atoms with Crippen molar-refractivity contribution >= 4 is 23.5 Å². The van der Waals surface area contributed by atoms with Crippen LogP contribution in [0.15, 0.2) is 41.1 Å². The van der Waals surface area contributed by atoms with Crippen molar-refractivity contribution in [3.8, 4) is 0 Å². The summed E-state index contributed by atoms with van der Waals surface area (Å²) >= 11 is 0. The maximum Gasteiger partial charge on any atom is 0.490 e. The molecule has 1 unspecified atom stereocenters. The molecular weight excluding hydrogens is 516 g/mol. The fourth-order valence-electron chi connectivity index (χ4n) is 3.82. The van der Waals surface area contributed by atoms with Crippen molar-refractivity contribution in [1.82, 2.24) is 9.88 Å². The number of amides is 1. The molecule has 1 aliphatic carbocycles. The number of carbonyl (C=O) groups excluding carboxylic acids is 1. The fourth-order valence-corrected chi connectivity index (χ4v) is 3.82. The van der Waals surface area contributed by atoms with E-state index in [0.717, 1.165) is 36.8 Å². The molecule has 3 atom stereocenters. The maximum atomic E-state index is 12.1. The minimum Gasteiger partial charge on any atom is -0.475 e. The number of likely N-dealkylation sites (tertiary alicyclic amines) is 1. The van der Waals surface area contributed by atoms with E-state index in [9.17, 15) is 31.1 Å². The molecule has 0 radical (unpaired) electrons. The van der Waals surface area contributed by atoms with E-state index in [1.807, 2.05) is 25.1 Å². The summed E-state index contributed by atoms with van der Waals surface area (Å²) in [5.41, 5.74) is 0.776. The lowest BCUT2D eigenvalue weighted by Crippen LogP contribution is -2.25. The maximum absolute atomic E-state index is 12.1. The van der Waals surface area contributed by atoms with Gasteiger partial charge in [0.1, 0.15) is 11.5 Å². The van der Waals surface area contributed by atoms with Crippen molar-refractivity contribution in [3.05, 3.63) is 48.2 Å². The van der Waals surface area contributed by atoms with E-state index in [1.165, 1.54) is 0 Å². The number of carboxylic acids is 2. The summed E-state index contributed by atoms with van der Waals surface area (Å²) in [6.45, 7) is 5.02. The Bertz CT molecular complexity index is 1040. The number of carbonyl (C=O) groups is 3. The van der Waals surface area contributed by atoms with Gasteiger partial charge >= 0.3 is 24.3 Å². The SMILES string of the molecule is Cc1ccc(CN2C[C@@H]3C(CC(=O)Nc4cccnc4)[C@@H]3C2)o1.O=C(O)C(F)(F)F.O=C(O)C(F)(F)F. The van der Waals surface area contributed by atoms with E-state index in [2.05, 4.69) is 21.3 Å². The van der Waals surface area contributed by atoms with Crippen molar-refractivity contribution in [2.45, 2.75) is 32.2 Å². The lowest BCUT2D eigenvalue weighted by Gasteiger charge is -2.17. The van der Waals surface area contributed by atoms with Gasteiger partial charge in [-0.05, 0) is 48.9 Å². The number of alkyl halides is 6. The summed E-state index contributed by atoms with van der Waals surface area (Å²) in [7, 11) is 0. The summed E-state index contributed by atoms with van der Waals surface area (Å²) in [5.74, 6) is -1.52. The number of hydrogen-bond donors (Lipinski definition) is 3. The van der Waals surface area contributed by atoms with E-state index < -0.39 is 24.3 Å². The molecular formula is C22H23F6N3O6. The van der Waals surface area contributed by atoms with Crippen LogP contribution in [0.25, 0.3) is 0 Å². The second-order valence-corrected chi connectivity index (χ2v) is 8.30. The molecule has 204 valence electrons. The van der Waals surface area contributed by atoms with Crippen molar-refractivity contribution < 1.29 is 55.4 Å². The topological polar surface area (TPSA) is 133 Å². The molecule has 0 aromatic carbocycles. The number of anilines is 1. The Kier molecular flexibility index (Phi) is 9.67. The molecule has 3 N–H and O–H groups in total. The molecule has 1 saturated carbocycles. The van der Waals surface area contributed by atoms with Gasteiger partial charge in [-0.25, -0.2) is 9.59 Å². The normalized spacial score (nSPS) is 20.5. The lowest BCUT2D eigenvalue weighted by molar-refractivity contribution is -0.193. The minimum atomic E-state index is -5.08. The quantitative estimate of drug-likeness (QED) is 0.487. The molecule has 3 heterocycles. The third-order valence-corrected chi connectivity index (χ3v) is 5.47. The molecule has 2 aliphatic rings. The number of furan rings is 1. The number of nitrogens with one attached hydrogen (secondary N) is 1. The predicted octanol–water partition coefficient (Wildman–Crippen LogP) is 3.96. The molecule has 15 heteroatoms. The van der Waals surface area contributed by atoms with Crippen LogP contribution in [0.3, 0.4) is 0 Å². The van der Waals surface area contributed by atoms with Gasteiger partial charge in [-0.3, -0.25) is 14.7 Å². The van der Waals surface area contributed by atoms with E-state index in [1.54, 1.807) is 12.4 Å². The Morgan fingerprint density at radius 2 is 1.57 bits per heavy atom. The standard InChI is InChI=1S/C18H21N3O2.2C2HF3O2/c1-12-4-5-14(23-12)9-21-10-16-15(17(16)11-21)7-18(22)20-13-3-2-6-19-8-13;2*3-2(4,5)1(6)7/h2-6,8,15-17H,7,9-11H2,1H3,(H,20,22);2*(H,6,7)/t15?,16-,17+;;. The number of aryl methyl sites for hydroxylation is 1. The van der Waals surface area contributed by atoms with E-state index >= 15 is 0 Å². The van der Waals surface area contributed by atoms with E-state index in [0.29, 0.717) is 24.2 Å². The molecule has 1 amide bonds. The number of hydrogen-bond acceptors (Lipinski definition) is 6. The highest BCUT2D eigenvalue weighted by atomic mass is 19.4. The van der Waals surface area contributed by atoms with Gasteiger partial charge < -0.3 is 19.9 Å². The first-order valence-corrected chi connectivity index (χ1v) is 10.7. The van der Waals surface area contributed by atoms with Gasteiger partial charge in [-0.15, -0.1) is 0 Å². The van der Waals surface area contributed by atoms with Crippen LogP contribution in [0.5, 0.6) is 0 Å². The summed E-state index contributed by atoms with van der Waals surface area (Å²) in [5, 5.41) is 17.2. The van der Waals surface area contributed by atoms with Crippen LogP contribution in [0.4, 0.5) is 32.0 Å². The van der Waals surface area contributed by atoms with Crippen LogP contribution in [0.2, 0.25) is 0 Å². The Hall–Kier alpha value is -3.62. The summed E-state index contributed by atoms with van der Waals surface area (Å²) in [6, 6.07) is 7.76. The van der Waals surface area contributed by atoms with Crippen LogP contribution in [-0.4, -0.2) is 63.4 Å². The van der Waals surface area contributed by atoms with Crippen LogP contribution >= 0.6 is 0 Å². The highest BCUT2D eigenvalue weighted by molar-refractivity contribution is 5.90. The van der Waals surface area contributed by atoms with Crippen LogP contribution in [0, 0.1) is 24.7 Å². The Morgan fingerprint density at radius 1 is 1.03 bits per heavy atom. The van der Waals surface area contributed by atoms with Crippen LogP contribution < -0.4 is 5.32 Å². The molecule has 4 rings (SSSR count). The Labute approximate surface area is 206 Å². The monoisotopic (exact) mass is 539 g/mol. The van der Waals surface area contributed by atoms with Crippen LogP contribution in [-0.2, 0) is 20.9 Å². The third-order valence-electron chi connectivity index (χ3n) is 5.47. The van der Waals surface area contributed by atoms with Gasteiger partial charge in [0.15, 0.2) is 0 Å². The zero-order valence-electron chi connectivity index (χ0n) is 19.2. The average molecular weight is 539 g/mol. The predicted molar refractivity (Wildman–Crippen MR) is 114 cm³/mol. The van der Waals surface area contributed by atoms with E-state index in [4.69, 9.17) is 24.2 Å². The number of halogens is 6. The van der Waals surface area contributed by atoms with Crippen molar-refractivity contribution in [2.24, 2.45) is 17.8 Å². The molecule has 9 nitrogen and oxygen atoms in total. The number of rotatable bonds is 5. The zero-order chi connectivity index (χ0) is 28.0. The van der Waals surface area contributed by atoms with Gasteiger partial charge in [0.05, 0.1) is 18.4 Å². The second-order valence-electron chi connectivity index (χ2n) is 8.30. The molecule has 2 aromatic heterocycles. The first kappa shape index (κ1) is 29.6. The number of piperidine rings is 1. The summed E-state index contributed by atoms with van der Waals surface area (Å²) in [6.07, 6.45) is -6.16. The molecule has 2 aromatic rings. The molecule has 1 aliphatic heterocycles. The number of aromatic nitrogens is 1. The third kappa shape index (κ3) is 9.74. The molecule has 2 fully saturated rings. The van der Waals surface area contributed by atoms with Gasteiger partial charge in [-0.2, -0.15) is 26.3 Å². The van der Waals surface area contributed by atoms with Gasteiger partial charge in [0, 0.05) is 25.7 Å². The fraction of sp³-hybridized carbons (Fsp3) is 0.455. The first-order chi connectivity index (χ1) is 17.1. The lowest BCUT2D eigenvalue weighted by atomic mass is 10.2. The molecule has 0 spiro atoms. The Balaban J connectivity index is 0.000000286. The van der Waals surface area contributed by atoms with Gasteiger partial charge in [0.2, 0.25) is 5.91 Å². The highest BCUT2D eigenvalue weighted by Gasteiger charge is 2.55. The minimum absolute atomic E-state index is 0.102. The number of fused-ring (bicyclic) bond motifs is 1. The summed E-state index contributed by atoms with van der Waals surface area (Å²) in [4.78, 5) is 36.3. The van der Waals surface area contributed by atoms with Crippen molar-refractivity contribution in [1.29, 1.82) is 0 Å². The molecule has 37 heavy (non-hydrogen) atoms. The number of carboxylic acid groups (broad SMARTS) is 2. The number of nitrogens with zero attached hydrogens (tertiary/aromatic N) is 2. The molecule has 1 saturated heterocycles. The second kappa shape index (κ2) is 12.1. The van der Waals surface area contributed by atoms with Crippen molar-refractivity contribution in [2.75, 3.05) is 18.4 Å². The largest absolute Gasteiger partial charge is 0.490 e. The summed E-state index contributed by atoms with van der Waals surface area (Å²) < 4.78 is 69.1. The molecule has 0 bridgehead atoms. The first-order valence-electron chi connectivity index (χ1n) is 10.7. The smallest absolute Gasteiger partial charge is 0.475 e. The number of aliphatic carboxylic acids is 2. The van der Waals surface area contributed by atoms with E-state index in [-0.39, 0.29) is 5.91 Å². The Morgan fingerprint density at radius 3 is 1.97 bits per heavy atom. The number of pyridine rings is 1.